The third-order valence-electron chi connectivity index (χ3n) is 2.47. The van der Waals surface area contributed by atoms with E-state index in [9.17, 15) is 4.79 Å². The first kappa shape index (κ1) is 8.99. The molecule has 0 spiro atoms. The Hall–Kier alpha value is -1.58. The highest BCUT2D eigenvalue weighted by Crippen LogP contribution is 2.23. The number of aromatic nitrogens is 1. The smallest absolute Gasteiger partial charge is 0.319 e. The molecule has 1 aromatic rings. The fourth-order valence-electron chi connectivity index (χ4n) is 1.78. The zero-order chi connectivity index (χ0) is 9.97. The Labute approximate surface area is 82.7 Å². The lowest BCUT2D eigenvalue weighted by atomic mass is 10.2. The van der Waals surface area contributed by atoms with E-state index in [1.165, 1.54) is 0 Å². The van der Waals surface area contributed by atoms with E-state index in [1.54, 1.807) is 11.1 Å². The molecule has 0 aromatic carbocycles. The maximum atomic E-state index is 11.2. The lowest BCUT2D eigenvalue weighted by molar-refractivity contribution is 0.254. The number of carbonyl (C=O) groups is 1. The average Bonchev–Trinajstić information content (AvgIpc) is 2.39. The average molecular weight is 191 g/mol. The van der Waals surface area contributed by atoms with Gasteiger partial charge in [-0.05, 0) is 31.4 Å². The number of nitrogens with zero attached hydrogens (tertiary/aromatic N) is 2. The van der Waals surface area contributed by atoms with Crippen LogP contribution in [0.15, 0.2) is 18.3 Å². The third-order valence-corrected chi connectivity index (χ3v) is 2.47. The highest BCUT2D eigenvalue weighted by atomic mass is 16.2. The van der Waals surface area contributed by atoms with Gasteiger partial charge >= 0.3 is 6.03 Å². The summed E-state index contributed by atoms with van der Waals surface area (Å²) in [7, 11) is 0. The summed E-state index contributed by atoms with van der Waals surface area (Å²) in [5.41, 5.74) is 7.16. The van der Waals surface area contributed by atoms with Crippen LogP contribution in [0, 0.1) is 0 Å². The number of urea groups is 1. The van der Waals surface area contributed by atoms with Crippen LogP contribution in [0.4, 0.5) is 10.5 Å². The minimum Gasteiger partial charge on any atom is -0.351 e. The highest BCUT2D eigenvalue weighted by molar-refractivity contribution is 5.91. The van der Waals surface area contributed by atoms with Gasteiger partial charge in [-0.15, -0.1) is 0 Å². The van der Waals surface area contributed by atoms with Crippen molar-refractivity contribution in [3.8, 4) is 0 Å². The summed E-state index contributed by atoms with van der Waals surface area (Å²) < 4.78 is 0. The van der Waals surface area contributed by atoms with Crippen LogP contribution in [-0.4, -0.2) is 17.6 Å². The monoisotopic (exact) mass is 191 g/mol. The van der Waals surface area contributed by atoms with Gasteiger partial charge in [0.25, 0.3) is 0 Å². The van der Waals surface area contributed by atoms with Crippen molar-refractivity contribution in [3.63, 3.8) is 0 Å². The van der Waals surface area contributed by atoms with Crippen LogP contribution < -0.4 is 10.6 Å². The van der Waals surface area contributed by atoms with Crippen molar-refractivity contribution < 1.29 is 4.79 Å². The SMILES string of the molecule is NC(=O)N1CCCCc2ncccc21. The molecule has 74 valence electrons. The second kappa shape index (κ2) is 3.65. The van der Waals surface area contributed by atoms with Crippen molar-refractivity contribution >= 4 is 11.7 Å². The van der Waals surface area contributed by atoms with Gasteiger partial charge in [-0.25, -0.2) is 4.79 Å². The van der Waals surface area contributed by atoms with Crippen LogP contribution in [0.3, 0.4) is 0 Å². The van der Waals surface area contributed by atoms with E-state index in [0.29, 0.717) is 6.54 Å². The number of anilines is 1. The first-order valence-corrected chi connectivity index (χ1v) is 4.80. The highest BCUT2D eigenvalue weighted by Gasteiger charge is 2.18. The lowest BCUT2D eigenvalue weighted by Gasteiger charge is -2.19. The first-order valence-electron chi connectivity index (χ1n) is 4.80. The molecular weight excluding hydrogens is 178 g/mol. The van der Waals surface area contributed by atoms with Crippen molar-refractivity contribution in [2.24, 2.45) is 5.73 Å². The van der Waals surface area contributed by atoms with Gasteiger partial charge in [0.15, 0.2) is 0 Å². The number of fused-ring (bicyclic) bond motifs is 1. The number of rotatable bonds is 0. The summed E-state index contributed by atoms with van der Waals surface area (Å²) in [6.45, 7) is 0.702. The fourth-order valence-corrected chi connectivity index (χ4v) is 1.78. The topological polar surface area (TPSA) is 59.2 Å². The summed E-state index contributed by atoms with van der Waals surface area (Å²) in [6, 6.07) is 3.35. The van der Waals surface area contributed by atoms with Gasteiger partial charge in [-0.3, -0.25) is 9.88 Å². The molecule has 0 aliphatic carbocycles. The second-order valence-electron chi connectivity index (χ2n) is 3.42. The molecule has 0 atom stereocenters. The van der Waals surface area contributed by atoms with E-state index in [2.05, 4.69) is 4.98 Å². The largest absolute Gasteiger partial charge is 0.351 e. The summed E-state index contributed by atoms with van der Waals surface area (Å²) >= 11 is 0. The zero-order valence-electron chi connectivity index (χ0n) is 7.94. The van der Waals surface area contributed by atoms with E-state index >= 15 is 0 Å². The molecular formula is C10H13N3O. The number of primary amides is 1. The summed E-state index contributed by atoms with van der Waals surface area (Å²) in [5, 5.41) is 0. The van der Waals surface area contributed by atoms with E-state index in [-0.39, 0.29) is 6.03 Å². The van der Waals surface area contributed by atoms with Crippen molar-refractivity contribution in [1.29, 1.82) is 0 Å². The molecule has 0 fully saturated rings. The maximum Gasteiger partial charge on any atom is 0.319 e. The molecule has 4 heteroatoms. The van der Waals surface area contributed by atoms with Gasteiger partial charge in [-0.1, -0.05) is 0 Å². The third kappa shape index (κ3) is 1.55. The molecule has 2 heterocycles. The quantitative estimate of drug-likeness (QED) is 0.672. The molecule has 4 nitrogen and oxygen atoms in total. The molecule has 2 rings (SSSR count). The standard InChI is InChI=1S/C10H13N3O/c11-10(14)13-7-2-1-4-8-9(13)5-3-6-12-8/h3,5-6H,1-2,4,7H2,(H2,11,14). The van der Waals surface area contributed by atoms with Crippen LogP contribution in [0.5, 0.6) is 0 Å². The summed E-state index contributed by atoms with van der Waals surface area (Å²) in [5.74, 6) is 0. The molecule has 2 N–H and O–H groups in total. The number of aryl methyl sites for hydroxylation is 1. The molecule has 1 aliphatic rings. The van der Waals surface area contributed by atoms with Gasteiger partial charge in [0, 0.05) is 12.7 Å². The summed E-state index contributed by atoms with van der Waals surface area (Å²) in [6.07, 6.45) is 4.73. The normalized spacial score (nSPS) is 15.9. The molecule has 1 aliphatic heterocycles. The molecule has 0 bridgehead atoms. The van der Waals surface area contributed by atoms with Gasteiger partial charge in [-0.2, -0.15) is 0 Å². The van der Waals surface area contributed by atoms with Gasteiger partial charge in [0.05, 0.1) is 11.4 Å². The van der Waals surface area contributed by atoms with Crippen LogP contribution in [0.1, 0.15) is 18.5 Å². The first-order chi connectivity index (χ1) is 6.79. The predicted octanol–water partition coefficient (Wildman–Crippen LogP) is 1.30. The van der Waals surface area contributed by atoms with Crippen LogP contribution in [0.25, 0.3) is 0 Å². The van der Waals surface area contributed by atoms with Crippen molar-refractivity contribution in [1.82, 2.24) is 4.98 Å². The molecule has 0 radical (unpaired) electrons. The molecule has 2 amide bonds. The molecule has 0 saturated heterocycles. The maximum absolute atomic E-state index is 11.2. The van der Waals surface area contributed by atoms with Crippen molar-refractivity contribution in [3.05, 3.63) is 24.0 Å². The summed E-state index contributed by atoms with van der Waals surface area (Å²) in [4.78, 5) is 17.1. The fraction of sp³-hybridized carbons (Fsp3) is 0.400. The zero-order valence-corrected chi connectivity index (χ0v) is 7.94. The minimum atomic E-state index is -0.388. The van der Waals surface area contributed by atoms with Crippen LogP contribution >= 0.6 is 0 Å². The Balaban J connectivity index is 2.42. The van der Waals surface area contributed by atoms with E-state index < -0.39 is 0 Å². The number of nitrogens with two attached hydrogens (primary N) is 1. The Morgan fingerprint density at radius 2 is 2.36 bits per heavy atom. The Bertz CT molecular complexity index is 351. The number of pyridine rings is 1. The van der Waals surface area contributed by atoms with Gasteiger partial charge in [0.2, 0.25) is 0 Å². The number of hydrogen-bond acceptors (Lipinski definition) is 2. The minimum absolute atomic E-state index is 0.388. The van der Waals surface area contributed by atoms with E-state index in [0.717, 1.165) is 30.6 Å². The van der Waals surface area contributed by atoms with E-state index in [1.807, 2.05) is 12.1 Å². The van der Waals surface area contributed by atoms with E-state index in [4.69, 9.17) is 5.73 Å². The lowest BCUT2D eigenvalue weighted by Crippen LogP contribution is -2.36. The Kier molecular flexibility index (Phi) is 2.35. The van der Waals surface area contributed by atoms with Crippen molar-refractivity contribution in [2.75, 3.05) is 11.4 Å². The second-order valence-corrected chi connectivity index (χ2v) is 3.42. The van der Waals surface area contributed by atoms with Crippen LogP contribution in [0.2, 0.25) is 0 Å². The van der Waals surface area contributed by atoms with Gasteiger partial charge in [0.1, 0.15) is 0 Å². The van der Waals surface area contributed by atoms with Crippen molar-refractivity contribution in [2.45, 2.75) is 19.3 Å². The molecule has 0 saturated carbocycles. The number of carbonyl (C=O) groups excluding carboxylic acids is 1. The Morgan fingerprint density at radius 3 is 3.14 bits per heavy atom. The molecule has 0 unspecified atom stereocenters. The number of amides is 2. The molecule has 1 aromatic heterocycles. The predicted molar refractivity (Wildman–Crippen MR) is 54.1 cm³/mol. The number of hydrogen-bond donors (Lipinski definition) is 1. The van der Waals surface area contributed by atoms with Crippen LogP contribution in [-0.2, 0) is 6.42 Å². The van der Waals surface area contributed by atoms with Gasteiger partial charge < -0.3 is 5.73 Å². The Morgan fingerprint density at radius 1 is 1.50 bits per heavy atom. The molecule has 14 heavy (non-hydrogen) atoms.